The van der Waals surface area contributed by atoms with Gasteiger partial charge in [0.1, 0.15) is 0 Å². The van der Waals surface area contributed by atoms with Gasteiger partial charge in [0, 0.05) is 48.4 Å². The molecule has 1 atom stereocenters. The quantitative estimate of drug-likeness (QED) is 0.914. The molecule has 0 spiro atoms. The minimum atomic E-state index is 0.249. The zero-order chi connectivity index (χ0) is 13.9. The molecule has 19 heavy (non-hydrogen) atoms. The number of thioether (sulfide) groups is 1. The Hall–Kier alpha value is -0.780. The molecule has 1 unspecified atom stereocenters. The molecular weight excluding hydrogens is 258 g/mol. The Morgan fingerprint density at radius 2 is 2.32 bits per heavy atom. The van der Waals surface area contributed by atoms with Gasteiger partial charge in [-0.1, -0.05) is 6.07 Å². The van der Waals surface area contributed by atoms with E-state index in [9.17, 15) is 0 Å². The molecular formula is C14H23N3OS. The van der Waals surface area contributed by atoms with Crippen LogP contribution in [0.3, 0.4) is 0 Å². The average Bonchev–Trinajstić information content (AvgIpc) is 2.39. The summed E-state index contributed by atoms with van der Waals surface area (Å²) in [5.41, 5.74) is 7.16. The highest BCUT2D eigenvalue weighted by atomic mass is 32.2. The zero-order valence-electron chi connectivity index (χ0n) is 11.9. The van der Waals surface area contributed by atoms with Crippen molar-refractivity contribution < 1.29 is 4.74 Å². The fourth-order valence-corrected chi connectivity index (χ4v) is 3.66. The van der Waals surface area contributed by atoms with Gasteiger partial charge >= 0.3 is 0 Å². The maximum Gasteiger partial charge on any atom is 0.212 e. The van der Waals surface area contributed by atoms with Crippen molar-refractivity contribution in [1.29, 1.82) is 0 Å². The van der Waals surface area contributed by atoms with Crippen molar-refractivity contribution in [2.24, 2.45) is 5.73 Å². The summed E-state index contributed by atoms with van der Waals surface area (Å²) in [5.74, 6) is 1.81. The maximum absolute atomic E-state index is 5.99. The summed E-state index contributed by atoms with van der Waals surface area (Å²) in [7, 11) is 1.63. The number of ether oxygens (including phenoxy) is 1. The van der Waals surface area contributed by atoms with Crippen LogP contribution >= 0.6 is 11.8 Å². The molecule has 4 nitrogen and oxygen atoms in total. The lowest BCUT2D eigenvalue weighted by molar-refractivity contribution is 0.192. The van der Waals surface area contributed by atoms with Crippen LogP contribution in [0.4, 0.5) is 0 Å². The molecule has 1 aromatic rings. The van der Waals surface area contributed by atoms with Crippen molar-refractivity contribution in [3.05, 3.63) is 23.9 Å². The lowest BCUT2D eigenvalue weighted by Crippen LogP contribution is -2.46. The first-order valence-corrected chi connectivity index (χ1v) is 7.62. The van der Waals surface area contributed by atoms with Gasteiger partial charge in [0.2, 0.25) is 5.88 Å². The van der Waals surface area contributed by atoms with Gasteiger partial charge in [0.25, 0.3) is 0 Å². The van der Waals surface area contributed by atoms with Gasteiger partial charge in [-0.05, 0) is 19.4 Å². The van der Waals surface area contributed by atoms with Crippen LogP contribution in [0.2, 0.25) is 0 Å². The molecule has 2 heterocycles. The number of methoxy groups -OCH3 is 1. The van der Waals surface area contributed by atoms with Crippen LogP contribution in [0, 0.1) is 0 Å². The van der Waals surface area contributed by atoms with Gasteiger partial charge in [-0.25, -0.2) is 4.98 Å². The Balaban J connectivity index is 2.14. The number of hydrogen-bond acceptors (Lipinski definition) is 5. The van der Waals surface area contributed by atoms with E-state index in [4.69, 9.17) is 10.5 Å². The average molecular weight is 281 g/mol. The van der Waals surface area contributed by atoms with E-state index in [2.05, 4.69) is 29.8 Å². The van der Waals surface area contributed by atoms with E-state index in [1.54, 1.807) is 7.11 Å². The van der Waals surface area contributed by atoms with Crippen molar-refractivity contribution in [2.75, 3.05) is 32.5 Å². The van der Waals surface area contributed by atoms with Gasteiger partial charge in [0.15, 0.2) is 0 Å². The standard InChI is InChI=1S/C14H23N3OS/c1-14(2)10-17(6-7-19-14)12(8-15)11-4-5-13(18-3)16-9-11/h4-5,9,12H,6-8,10,15H2,1-3H3. The van der Waals surface area contributed by atoms with Crippen LogP contribution in [0.25, 0.3) is 0 Å². The summed E-state index contributed by atoms with van der Waals surface area (Å²) in [6.45, 7) is 7.36. The minimum Gasteiger partial charge on any atom is -0.481 e. The minimum absolute atomic E-state index is 0.249. The molecule has 1 aliphatic rings. The third-order valence-corrected chi connectivity index (χ3v) is 4.77. The Bertz CT molecular complexity index is 408. The highest BCUT2D eigenvalue weighted by Gasteiger charge is 2.31. The smallest absolute Gasteiger partial charge is 0.212 e. The summed E-state index contributed by atoms with van der Waals surface area (Å²) < 4.78 is 5.40. The first kappa shape index (κ1) is 14.6. The number of rotatable bonds is 4. The van der Waals surface area contributed by atoms with Crippen molar-refractivity contribution in [3.8, 4) is 5.88 Å². The fraction of sp³-hybridized carbons (Fsp3) is 0.643. The lowest BCUT2D eigenvalue weighted by atomic mass is 10.1. The molecule has 0 bridgehead atoms. The van der Waals surface area contributed by atoms with Crippen LogP contribution < -0.4 is 10.5 Å². The Morgan fingerprint density at radius 3 is 2.84 bits per heavy atom. The van der Waals surface area contributed by atoms with E-state index in [1.165, 1.54) is 5.56 Å². The molecule has 1 aromatic heterocycles. The monoisotopic (exact) mass is 281 g/mol. The summed E-state index contributed by atoms with van der Waals surface area (Å²) in [6.07, 6.45) is 1.88. The fourth-order valence-electron chi connectivity index (χ4n) is 2.52. The van der Waals surface area contributed by atoms with Crippen molar-refractivity contribution in [3.63, 3.8) is 0 Å². The number of nitrogens with two attached hydrogens (primary N) is 1. The molecule has 2 rings (SSSR count). The molecule has 0 saturated carbocycles. The van der Waals surface area contributed by atoms with Crippen LogP contribution in [-0.2, 0) is 0 Å². The Kier molecular flexibility index (Phi) is 4.71. The zero-order valence-corrected chi connectivity index (χ0v) is 12.7. The topological polar surface area (TPSA) is 51.4 Å². The Morgan fingerprint density at radius 1 is 1.53 bits per heavy atom. The maximum atomic E-state index is 5.99. The van der Waals surface area contributed by atoms with E-state index in [1.807, 2.05) is 24.0 Å². The number of hydrogen-bond donors (Lipinski definition) is 1. The van der Waals surface area contributed by atoms with Gasteiger partial charge in [-0.2, -0.15) is 11.8 Å². The van der Waals surface area contributed by atoms with Gasteiger partial charge < -0.3 is 10.5 Å². The number of nitrogens with zero attached hydrogens (tertiary/aromatic N) is 2. The summed E-state index contributed by atoms with van der Waals surface area (Å²) in [5, 5.41) is 0. The molecule has 0 radical (unpaired) electrons. The predicted octanol–water partition coefficient (Wildman–Crippen LogP) is 1.92. The third-order valence-electron chi connectivity index (χ3n) is 3.47. The van der Waals surface area contributed by atoms with E-state index in [0.717, 1.165) is 18.8 Å². The second-order valence-electron chi connectivity index (χ2n) is 5.46. The van der Waals surface area contributed by atoms with E-state index in [0.29, 0.717) is 17.2 Å². The van der Waals surface area contributed by atoms with Crippen LogP contribution in [-0.4, -0.2) is 47.1 Å². The van der Waals surface area contributed by atoms with Gasteiger partial charge in [-0.15, -0.1) is 0 Å². The second-order valence-corrected chi connectivity index (χ2v) is 7.27. The second kappa shape index (κ2) is 6.11. The molecule has 0 aliphatic carbocycles. The van der Waals surface area contributed by atoms with E-state index in [-0.39, 0.29) is 6.04 Å². The van der Waals surface area contributed by atoms with E-state index >= 15 is 0 Å². The highest BCUT2D eigenvalue weighted by Crippen LogP contribution is 2.33. The molecule has 5 heteroatoms. The molecule has 1 fully saturated rings. The third kappa shape index (κ3) is 3.61. The lowest BCUT2D eigenvalue weighted by Gasteiger charge is -2.41. The van der Waals surface area contributed by atoms with Gasteiger partial charge in [0.05, 0.1) is 7.11 Å². The van der Waals surface area contributed by atoms with Crippen molar-refractivity contribution in [1.82, 2.24) is 9.88 Å². The molecule has 0 amide bonds. The molecule has 1 aliphatic heterocycles. The first-order chi connectivity index (χ1) is 9.05. The molecule has 2 N–H and O–H groups in total. The SMILES string of the molecule is COc1ccc(C(CN)N2CCSC(C)(C)C2)cn1. The first-order valence-electron chi connectivity index (χ1n) is 6.64. The summed E-state index contributed by atoms with van der Waals surface area (Å²) in [4.78, 5) is 6.76. The summed E-state index contributed by atoms with van der Waals surface area (Å²) in [6, 6.07) is 4.22. The molecule has 1 saturated heterocycles. The summed E-state index contributed by atoms with van der Waals surface area (Å²) >= 11 is 2.04. The van der Waals surface area contributed by atoms with Crippen molar-refractivity contribution >= 4 is 11.8 Å². The van der Waals surface area contributed by atoms with E-state index < -0.39 is 0 Å². The van der Waals surface area contributed by atoms with Crippen LogP contribution in [0.15, 0.2) is 18.3 Å². The normalized spacial score (nSPS) is 21.1. The number of pyridine rings is 1. The molecule has 106 valence electrons. The largest absolute Gasteiger partial charge is 0.481 e. The van der Waals surface area contributed by atoms with Gasteiger partial charge in [-0.3, -0.25) is 4.90 Å². The van der Waals surface area contributed by atoms with Crippen LogP contribution in [0.1, 0.15) is 25.5 Å². The van der Waals surface area contributed by atoms with Crippen LogP contribution in [0.5, 0.6) is 5.88 Å². The van der Waals surface area contributed by atoms with Crippen molar-refractivity contribution in [2.45, 2.75) is 24.6 Å². The molecule has 0 aromatic carbocycles. The number of aromatic nitrogens is 1. The highest BCUT2D eigenvalue weighted by molar-refractivity contribution is 8.00. The predicted molar refractivity (Wildman–Crippen MR) is 80.7 cm³/mol. The Labute approximate surface area is 119 Å².